The fraction of sp³-hybridized carbons (Fsp3) is 0.312. The third-order valence-electron chi connectivity index (χ3n) is 3.46. The van der Waals surface area contributed by atoms with Crippen molar-refractivity contribution in [2.45, 2.75) is 25.8 Å². The zero-order chi connectivity index (χ0) is 13.1. The molecule has 0 saturated heterocycles. The lowest BCUT2D eigenvalue weighted by atomic mass is 10.1. The molecule has 0 fully saturated rings. The maximum atomic E-state index is 5.90. The minimum absolute atomic E-state index is 0.797. The zero-order valence-electron chi connectivity index (χ0n) is 11.1. The Bertz CT molecular complexity index is 581. The van der Waals surface area contributed by atoms with Crippen LogP contribution in [-0.2, 0) is 19.4 Å². The first kappa shape index (κ1) is 12.2. The highest BCUT2D eigenvalue weighted by Gasteiger charge is 2.11. The molecule has 1 heterocycles. The molecule has 98 valence electrons. The maximum absolute atomic E-state index is 5.90. The van der Waals surface area contributed by atoms with E-state index in [2.05, 4.69) is 28.5 Å². The summed E-state index contributed by atoms with van der Waals surface area (Å²) in [6, 6.07) is 8.42. The van der Waals surface area contributed by atoms with E-state index in [1.165, 1.54) is 30.4 Å². The quantitative estimate of drug-likeness (QED) is 0.910. The van der Waals surface area contributed by atoms with Gasteiger partial charge in [0.25, 0.3) is 0 Å². The average Bonchev–Trinajstić information content (AvgIpc) is 2.87. The number of fused-ring (bicyclic) bond motifs is 1. The molecule has 1 N–H and O–H groups in total. The smallest absolute Gasteiger partial charge is 0.146 e. The summed E-state index contributed by atoms with van der Waals surface area (Å²) in [5.74, 6) is 1.70. The maximum Gasteiger partial charge on any atom is 0.146 e. The predicted octanol–water partition coefficient (Wildman–Crippen LogP) is 3.08. The molecule has 1 aromatic carbocycles. The van der Waals surface area contributed by atoms with Crippen LogP contribution in [0.5, 0.6) is 11.5 Å². The van der Waals surface area contributed by atoms with Crippen molar-refractivity contribution >= 4 is 0 Å². The van der Waals surface area contributed by atoms with Gasteiger partial charge >= 0.3 is 0 Å². The van der Waals surface area contributed by atoms with Crippen molar-refractivity contribution in [3.8, 4) is 11.5 Å². The normalized spacial score (nSPS) is 13.3. The molecule has 0 bridgehead atoms. The number of aromatic nitrogens is 1. The standard InChI is InChI=1S/C16H18N2O/c1-17-9-12-7-16(11-18-10-12)19-15-6-5-13-3-2-4-14(13)8-15/h5-8,10-11,17H,2-4,9H2,1H3. The van der Waals surface area contributed by atoms with E-state index in [1.54, 1.807) is 6.20 Å². The first-order valence-electron chi connectivity index (χ1n) is 6.73. The Morgan fingerprint density at radius 1 is 1.11 bits per heavy atom. The van der Waals surface area contributed by atoms with Crippen LogP contribution < -0.4 is 10.1 Å². The van der Waals surface area contributed by atoms with Crippen LogP contribution in [0.4, 0.5) is 0 Å². The van der Waals surface area contributed by atoms with Crippen LogP contribution in [0.3, 0.4) is 0 Å². The first-order valence-corrected chi connectivity index (χ1v) is 6.73. The number of ether oxygens (including phenoxy) is 1. The second-order valence-electron chi connectivity index (χ2n) is 4.95. The first-order chi connectivity index (χ1) is 9.35. The zero-order valence-corrected chi connectivity index (χ0v) is 11.1. The molecular weight excluding hydrogens is 236 g/mol. The SMILES string of the molecule is CNCc1cncc(Oc2ccc3c(c2)CCC3)c1. The molecule has 3 rings (SSSR count). The molecule has 1 aromatic heterocycles. The Balaban J connectivity index is 1.79. The number of nitrogens with one attached hydrogen (secondary N) is 1. The van der Waals surface area contributed by atoms with Crippen molar-refractivity contribution in [2.24, 2.45) is 0 Å². The van der Waals surface area contributed by atoms with Gasteiger partial charge in [-0.1, -0.05) is 6.07 Å². The van der Waals surface area contributed by atoms with E-state index in [0.29, 0.717) is 0 Å². The molecule has 0 unspecified atom stereocenters. The van der Waals surface area contributed by atoms with Gasteiger partial charge in [0.1, 0.15) is 11.5 Å². The largest absolute Gasteiger partial charge is 0.456 e. The molecule has 0 radical (unpaired) electrons. The summed E-state index contributed by atoms with van der Waals surface area (Å²) >= 11 is 0. The van der Waals surface area contributed by atoms with E-state index in [1.807, 2.05) is 19.3 Å². The number of hydrogen-bond acceptors (Lipinski definition) is 3. The average molecular weight is 254 g/mol. The van der Waals surface area contributed by atoms with Crippen LogP contribution in [-0.4, -0.2) is 12.0 Å². The molecule has 1 aliphatic carbocycles. The van der Waals surface area contributed by atoms with Gasteiger partial charge in [0, 0.05) is 12.7 Å². The lowest BCUT2D eigenvalue weighted by Crippen LogP contribution is -2.05. The summed E-state index contributed by atoms with van der Waals surface area (Å²) in [5, 5.41) is 3.11. The van der Waals surface area contributed by atoms with Crippen LogP contribution >= 0.6 is 0 Å². The van der Waals surface area contributed by atoms with Gasteiger partial charge in [0.05, 0.1) is 6.20 Å². The Morgan fingerprint density at radius 2 is 2.00 bits per heavy atom. The van der Waals surface area contributed by atoms with E-state index in [0.717, 1.165) is 23.6 Å². The van der Waals surface area contributed by atoms with Gasteiger partial charge in [-0.2, -0.15) is 0 Å². The fourth-order valence-corrected chi connectivity index (χ4v) is 2.57. The van der Waals surface area contributed by atoms with Crippen LogP contribution in [0.15, 0.2) is 36.7 Å². The Kier molecular flexibility index (Phi) is 3.47. The molecule has 2 aromatic rings. The molecule has 0 saturated carbocycles. The van der Waals surface area contributed by atoms with Crippen molar-refractivity contribution in [3.63, 3.8) is 0 Å². The third kappa shape index (κ3) is 2.76. The summed E-state index contributed by atoms with van der Waals surface area (Å²) in [5.41, 5.74) is 4.02. The Hall–Kier alpha value is -1.87. The third-order valence-corrected chi connectivity index (χ3v) is 3.46. The minimum atomic E-state index is 0.797. The number of benzene rings is 1. The summed E-state index contributed by atoms with van der Waals surface area (Å²) in [6.45, 7) is 0.800. The highest BCUT2D eigenvalue weighted by atomic mass is 16.5. The molecule has 0 aliphatic heterocycles. The van der Waals surface area contributed by atoms with Crippen molar-refractivity contribution in [3.05, 3.63) is 53.3 Å². The minimum Gasteiger partial charge on any atom is -0.456 e. The van der Waals surface area contributed by atoms with E-state index in [-0.39, 0.29) is 0 Å². The number of pyridine rings is 1. The summed E-state index contributed by atoms with van der Waals surface area (Å²) < 4.78 is 5.90. The van der Waals surface area contributed by atoms with Crippen LogP contribution in [0, 0.1) is 0 Å². The van der Waals surface area contributed by atoms with Gasteiger partial charge in [-0.15, -0.1) is 0 Å². The number of aryl methyl sites for hydroxylation is 2. The van der Waals surface area contributed by atoms with Gasteiger partial charge < -0.3 is 10.1 Å². The molecule has 1 aliphatic rings. The van der Waals surface area contributed by atoms with E-state index in [9.17, 15) is 0 Å². The summed E-state index contributed by atoms with van der Waals surface area (Å²) in [7, 11) is 1.92. The molecule has 3 nitrogen and oxygen atoms in total. The van der Waals surface area contributed by atoms with Crippen LogP contribution in [0.2, 0.25) is 0 Å². The second kappa shape index (κ2) is 5.41. The number of rotatable bonds is 4. The molecule has 0 atom stereocenters. The van der Waals surface area contributed by atoms with Crippen molar-refractivity contribution in [1.82, 2.24) is 10.3 Å². The monoisotopic (exact) mass is 254 g/mol. The van der Waals surface area contributed by atoms with Crippen molar-refractivity contribution < 1.29 is 4.74 Å². The van der Waals surface area contributed by atoms with Gasteiger partial charge in [-0.05, 0) is 61.2 Å². The lowest BCUT2D eigenvalue weighted by Gasteiger charge is -2.08. The Labute approximate surface area is 113 Å². The van der Waals surface area contributed by atoms with Crippen molar-refractivity contribution in [1.29, 1.82) is 0 Å². The highest BCUT2D eigenvalue weighted by Crippen LogP contribution is 2.28. The molecular formula is C16H18N2O. The molecule has 0 amide bonds. The van der Waals surface area contributed by atoms with Crippen molar-refractivity contribution in [2.75, 3.05) is 7.05 Å². The number of nitrogens with zero attached hydrogens (tertiary/aromatic N) is 1. The summed E-state index contributed by atoms with van der Waals surface area (Å²) in [4.78, 5) is 4.21. The fourth-order valence-electron chi connectivity index (χ4n) is 2.57. The summed E-state index contributed by atoms with van der Waals surface area (Å²) in [6.07, 6.45) is 7.25. The van der Waals surface area contributed by atoms with Gasteiger partial charge in [0.2, 0.25) is 0 Å². The number of hydrogen-bond donors (Lipinski definition) is 1. The van der Waals surface area contributed by atoms with Gasteiger partial charge in [0.15, 0.2) is 0 Å². The molecule has 3 heteroatoms. The topological polar surface area (TPSA) is 34.2 Å². The highest BCUT2D eigenvalue weighted by molar-refractivity contribution is 5.40. The Morgan fingerprint density at radius 3 is 2.89 bits per heavy atom. The molecule has 0 spiro atoms. The van der Waals surface area contributed by atoms with Crippen LogP contribution in [0.1, 0.15) is 23.1 Å². The lowest BCUT2D eigenvalue weighted by molar-refractivity contribution is 0.478. The van der Waals surface area contributed by atoms with Crippen LogP contribution in [0.25, 0.3) is 0 Å². The van der Waals surface area contributed by atoms with E-state index in [4.69, 9.17) is 4.74 Å². The molecule has 19 heavy (non-hydrogen) atoms. The van der Waals surface area contributed by atoms with Gasteiger partial charge in [-0.3, -0.25) is 4.98 Å². The second-order valence-corrected chi connectivity index (χ2v) is 4.95. The van der Waals surface area contributed by atoms with E-state index < -0.39 is 0 Å². The predicted molar refractivity (Wildman–Crippen MR) is 75.5 cm³/mol. The van der Waals surface area contributed by atoms with Gasteiger partial charge in [-0.25, -0.2) is 0 Å². The van der Waals surface area contributed by atoms with E-state index >= 15 is 0 Å².